The van der Waals surface area contributed by atoms with Crippen molar-refractivity contribution in [1.82, 2.24) is 15.8 Å². The molecule has 0 bridgehead atoms. The monoisotopic (exact) mass is 317 g/mol. The van der Waals surface area contributed by atoms with Crippen molar-refractivity contribution in [2.24, 2.45) is 5.41 Å². The smallest absolute Gasteiger partial charge is 0.272 e. The maximum atomic E-state index is 13.1. The number of aromatic nitrogens is 1. The molecule has 1 aromatic rings. The van der Waals surface area contributed by atoms with E-state index in [1.807, 2.05) is 0 Å². The molecule has 1 heterocycles. The Kier molecular flexibility index (Phi) is 4.72. The van der Waals surface area contributed by atoms with Crippen molar-refractivity contribution in [3.05, 3.63) is 29.0 Å². The number of alkyl halides is 2. The Labute approximate surface area is 125 Å². The second kappa shape index (κ2) is 6.34. The van der Waals surface area contributed by atoms with E-state index in [4.69, 9.17) is 11.6 Å². The fraction of sp³-hybridized carbons (Fsp3) is 0.462. The second-order valence-electron chi connectivity index (χ2n) is 4.92. The van der Waals surface area contributed by atoms with Crippen LogP contribution in [0.5, 0.6) is 0 Å². The van der Waals surface area contributed by atoms with Gasteiger partial charge in [0.05, 0.1) is 0 Å². The zero-order valence-electron chi connectivity index (χ0n) is 11.0. The van der Waals surface area contributed by atoms with Crippen LogP contribution in [-0.2, 0) is 4.79 Å². The number of nitrogens with zero attached hydrogens (tertiary/aromatic N) is 1. The summed E-state index contributed by atoms with van der Waals surface area (Å²) >= 11 is 5.64. The highest BCUT2D eigenvalue weighted by Crippen LogP contribution is 2.43. The molecule has 21 heavy (non-hydrogen) atoms. The Bertz CT molecular complexity index is 548. The van der Waals surface area contributed by atoms with Gasteiger partial charge >= 0.3 is 0 Å². The Morgan fingerprint density at radius 1 is 1.24 bits per heavy atom. The molecule has 8 heteroatoms. The first-order valence-corrected chi connectivity index (χ1v) is 6.85. The minimum atomic E-state index is -2.76. The third-order valence-corrected chi connectivity index (χ3v) is 3.81. The van der Waals surface area contributed by atoms with Crippen molar-refractivity contribution in [2.45, 2.75) is 32.1 Å². The number of carbonyl (C=O) groups is 2. The molecule has 1 fully saturated rings. The van der Waals surface area contributed by atoms with Crippen LogP contribution in [0.3, 0.4) is 0 Å². The lowest BCUT2D eigenvalue weighted by atomic mass is 9.86. The molecule has 0 radical (unpaired) electrons. The van der Waals surface area contributed by atoms with Crippen LogP contribution in [0.15, 0.2) is 18.2 Å². The van der Waals surface area contributed by atoms with Gasteiger partial charge in [-0.1, -0.05) is 30.5 Å². The van der Waals surface area contributed by atoms with Crippen molar-refractivity contribution in [3.8, 4) is 0 Å². The van der Waals surface area contributed by atoms with Crippen LogP contribution in [0.25, 0.3) is 0 Å². The maximum absolute atomic E-state index is 13.1. The molecular weight excluding hydrogens is 304 g/mol. The van der Waals surface area contributed by atoms with E-state index < -0.39 is 23.7 Å². The lowest BCUT2D eigenvalue weighted by molar-refractivity contribution is -0.141. The van der Waals surface area contributed by atoms with E-state index in [0.29, 0.717) is 12.8 Å². The van der Waals surface area contributed by atoms with Gasteiger partial charge in [-0.15, -0.1) is 0 Å². The summed E-state index contributed by atoms with van der Waals surface area (Å²) < 4.78 is 26.3. The average Bonchev–Trinajstić information content (AvgIpc) is 2.95. The van der Waals surface area contributed by atoms with E-state index in [0.717, 1.165) is 0 Å². The van der Waals surface area contributed by atoms with Gasteiger partial charge in [-0.25, -0.2) is 13.8 Å². The standard InChI is InChI=1S/C13H14ClF2N3O2/c14-9-5-3-4-8(17-9)10(20)18-19-12(21)13(11(15)16)6-1-2-7-13/h3-5,11H,1-2,6-7H2,(H,18,20)(H,19,21). The number of amides is 2. The molecule has 1 aliphatic carbocycles. The molecule has 1 aromatic heterocycles. The van der Waals surface area contributed by atoms with Gasteiger partial charge < -0.3 is 0 Å². The fourth-order valence-electron chi connectivity index (χ4n) is 2.39. The molecule has 0 unspecified atom stereocenters. The minimum absolute atomic E-state index is 0.0136. The summed E-state index contributed by atoms with van der Waals surface area (Å²) in [7, 11) is 0. The van der Waals surface area contributed by atoms with E-state index in [2.05, 4.69) is 15.8 Å². The number of carbonyl (C=O) groups excluding carboxylic acids is 2. The first-order chi connectivity index (χ1) is 9.95. The summed E-state index contributed by atoms with van der Waals surface area (Å²) in [6.45, 7) is 0. The third-order valence-electron chi connectivity index (χ3n) is 3.60. The van der Waals surface area contributed by atoms with Gasteiger partial charge in [0.25, 0.3) is 12.3 Å². The zero-order valence-corrected chi connectivity index (χ0v) is 11.8. The lowest BCUT2D eigenvalue weighted by Crippen LogP contribution is -2.51. The molecule has 5 nitrogen and oxygen atoms in total. The summed E-state index contributed by atoms with van der Waals surface area (Å²) in [5, 5.41) is 0.119. The Hall–Kier alpha value is -1.76. The van der Waals surface area contributed by atoms with Crippen LogP contribution in [0.4, 0.5) is 8.78 Å². The Morgan fingerprint density at radius 2 is 1.90 bits per heavy atom. The van der Waals surface area contributed by atoms with Gasteiger partial charge in [-0.2, -0.15) is 0 Å². The van der Waals surface area contributed by atoms with E-state index >= 15 is 0 Å². The predicted octanol–water partition coefficient (Wildman–Crippen LogP) is 2.32. The van der Waals surface area contributed by atoms with Crippen molar-refractivity contribution in [1.29, 1.82) is 0 Å². The predicted molar refractivity (Wildman–Crippen MR) is 71.8 cm³/mol. The molecule has 0 atom stereocenters. The lowest BCUT2D eigenvalue weighted by Gasteiger charge is -2.26. The fourth-order valence-corrected chi connectivity index (χ4v) is 2.55. The number of pyridine rings is 1. The van der Waals surface area contributed by atoms with Crippen LogP contribution in [-0.4, -0.2) is 23.2 Å². The first-order valence-electron chi connectivity index (χ1n) is 6.47. The quantitative estimate of drug-likeness (QED) is 0.664. The Balaban J connectivity index is 1.99. The maximum Gasteiger partial charge on any atom is 0.288 e. The normalized spacial score (nSPS) is 16.8. The van der Waals surface area contributed by atoms with E-state index in [9.17, 15) is 18.4 Å². The summed E-state index contributed by atoms with van der Waals surface area (Å²) in [5.74, 6) is -1.58. The summed E-state index contributed by atoms with van der Waals surface area (Å²) in [4.78, 5) is 27.5. The summed E-state index contributed by atoms with van der Waals surface area (Å²) in [6.07, 6.45) is -1.40. The molecule has 1 saturated carbocycles. The largest absolute Gasteiger partial charge is 0.288 e. The zero-order chi connectivity index (χ0) is 15.5. The molecule has 2 N–H and O–H groups in total. The van der Waals surface area contributed by atoms with E-state index in [-0.39, 0.29) is 23.7 Å². The molecule has 114 valence electrons. The molecule has 0 spiro atoms. The van der Waals surface area contributed by atoms with E-state index in [1.54, 1.807) is 0 Å². The highest BCUT2D eigenvalue weighted by atomic mass is 35.5. The van der Waals surface area contributed by atoms with Gasteiger partial charge in [-0.05, 0) is 25.0 Å². The molecule has 2 amide bonds. The topological polar surface area (TPSA) is 71.1 Å². The molecule has 0 saturated heterocycles. The molecular formula is C13H14ClF2N3O2. The average molecular weight is 318 g/mol. The molecule has 1 aliphatic rings. The molecule has 0 aromatic carbocycles. The van der Waals surface area contributed by atoms with Crippen molar-refractivity contribution >= 4 is 23.4 Å². The third kappa shape index (κ3) is 3.29. The van der Waals surface area contributed by atoms with Crippen LogP contribution in [0, 0.1) is 5.41 Å². The van der Waals surface area contributed by atoms with Gasteiger partial charge in [0.1, 0.15) is 16.3 Å². The van der Waals surface area contributed by atoms with Crippen LogP contribution >= 0.6 is 11.6 Å². The van der Waals surface area contributed by atoms with Gasteiger partial charge in [0, 0.05) is 0 Å². The number of hydrogen-bond donors (Lipinski definition) is 2. The SMILES string of the molecule is O=C(NNC(=O)C1(C(F)F)CCCC1)c1cccc(Cl)n1. The van der Waals surface area contributed by atoms with Crippen LogP contribution < -0.4 is 10.9 Å². The van der Waals surface area contributed by atoms with Crippen LogP contribution in [0.1, 0.15) is 36.2 Å². The Morgan fingerprint density at radius 3 is 2.48 bits per heavy atom. The van der Waals surface area contributed by atoms with Gasteiger partial charge in [0.2, 0.25) is 5.91 Å². The number of rotatable bonds is 3. The first kappa shape index (κ1) is 15.6. The molecule has 2 rings (SSSR count). The van der Waals surface area contributed by atoms with E-state index in [1.165, 1.54) is 18.2 Å². The van der Waals surface area contributed by atoms with Crippen LogP contribution in [0.2, 0.25) is 5.15 Å². The van der Waals surface area contributed by atoms with Gasteiger partial charge in [0.15, 0.2) is 0 Å². The van der Waals surface area contributed by atoms with Crippen molar-refractivity contribution < 1.29 is 18.4 Å². The van der Waals surface area contributed by atoms with Crippen molar-refractivity contribution in [2.75, 3.05) is 0 Å². The highest BCUT2D eigenvalue weighted by Gasteiger charge is 2.49. The summed E-state index contributed by atoms with van der Waals surface area (Å²) in [6, 6.07) is 4.40. The molecule has 0 aliphatic heterocycles. The summed E-state index contributed by atoms with van der Waals surface area (Å²) in [5.41, 5.74) is 2.43. The number of hydrazine groups is 1. The number of nitrogens with one attached hydrogen (secondary N) is 2. The second-order valence-corrected chi connectivity index (χ2v) is 5.30. The number of hydrogen-bond acceptors (Lipinski definition) is 3. The van der Waals surface area contributed by atoms with Gasteiger partial charge in [-0.3, -0.25) is 20.4 Å². The highest BCUT2D eigenvalue weighted by molar-refractivity contribution is 6.29. The minimum Gasteiger partial charge on any atom is -0.272 e. The van der Waals surface area contributed by atoms with Crippen molar-refractivity contribution in [3.63, 3.8) is 0 Å². The number of halogens is 3.